The van der Waals surface area contributed by atoms with E-state index in [1.54, 1.807) is 18.3 Å². The minimum absolute atomic E-state index is 0.312. The van der Waals surface area contributed by atoms with Crippen LogP contribution in [0.5, 0.6) is 0 Å². The van der Waals surface area contributed by atoms with Crippen molar-refractivity contribution in [3.8, 4) is 6.07 Å². The van der Waals surface area contributed by atoms with Crippen LogP contribution in [-0.2, 0) is 6.54 Å². The maximum Gasteiger partial charge on any atom is 0.147 e. The van der Waals surface area contributed by atoms with Gasteiger partial charge in [-0.05, 0) is 37.1 Å². The third-order valence-electron chi connectivity index (χ3n) is 3.98. The topological polar surface area (TPSA) is 67.7 Å². The summed E-state index contributed by atoms with van der Waals surface area (Å²) in [6, 6.07) is 8.88. The smallest absolute Gasteiger partial charge is 0.147 e. The summed E-state index contributed by atoms with van der Waals surface area (Å²) in [5.41, 5.74) is 1.97. The molecule has 1 unspecified atom stereocenters. The van der Waals surface area contributed by atoms with E-state index in [0.717, 1.165) is 38.2 Å². The lowest BCUT2D eigenvalue weighted by Gasteiger charge is -2.35. The van der Waals surface area contributed by atoms with E-state index in [4.69, 9.17) is 5.26 Å². The zero-order chi connectivity index (χ0) is 15.4. The molecule has 2 heterocycles. The molecule has 0 saturated carbocycles. The second kappa shape index (κ2) is 6.58. The van der Waals surface area contributed by atoms with Gasteiger partial charge in [-0.1, -0.05) is 0 Å². The van der Waals surface area contributed by atoms with Gasteiger partial charge in [-0.2, -0.15) is 10.4 Å². The van der Waals surface area contributed by atoms with Gasteiger partial charge < -0.3 is 10.2 Å². The average molecular weight is 299 g/mol. The maximum absolute atomic E-state index is 14.1. The first-order valence-electron chi connectivity index (χ1n) is 7.42. The Morgan fingerprint density at radius 2 is 2.36 bits per heavy atom. The molecule has 0 bridgehead atoms. The van der Waals surface area contributed by atoms with Crippen LogP contribution in [0.3, 0.4) is 0 Å². The fourth-order valence-corrected chi connectivity index (χ4v) is 2.83. The second-order valence-corrected chi connectivity index (χ2v) is 5.53. The summed E-state index contributed by atoms with van der Waals surface area (Å²) < 4.78 is 14.1. The number of anilines is 1. The highest BCUT2D eigenvalue weighted by Gasteiger charge is 2.22. The third kappa shape index (κ3) is 3.26. The van der Waals surface area contributed by atoms with E-state index in [-0.39, 0.29) is 5.82 Å². The molecule has 1 aliphatic heterocycles. The van der Waals surface area contributed by atoms with Crippen LogP contribution in [0.4, 0.5) is 10.1 Å². The Morgan fingerprint density at radius 3 is 3.09 bits per heavy atom. The number of aromatic nitrogens is 2. The largest absolute Gasteiger partial charge is 0.368 e. The predicted molar refractivity (Wildman–Crippen MR) is 81.8 cm³/mol. The molecule has 5 nitrogen and oxygen atoms in total. The van der Waals surface area contributed by atoms with E-state index in [2.05, 4.69) is 15.5 Å². The minimum atomic E-state index is -0.326. The molecule has 0 amide bonds. The monoisotopic (exact) mass is 299 g/mol. The Balaban J connectivity index is 1.64. The lowest BCUT2D eigenvalue weighted by atomic mass is 10.0. The first-order chi connectivity index (χ1) is 10.8. The van der Waals surface area contributed by atoms with Crippen molar-refractivity contribution < 1.29 is 4.39 Å². The van der Waals surface area contributed by atoms with Crippen molar-refractivity contribution in [3.05, 3.63) is 47.5 Å². The second-order valence-electron chi connectivity index (χ2n) is 5.53. The Bertz CT molecular complexity index is 662. The van der Waals surface area contributed by atoms with Crippen LogP contribution in [0.2, 0.25) is 0 Å². The van der Waals surface area contributed by atoms with Gasteiger partial charge in [0.15, 0.2) is 0 Å². The fourth-order valence-electron chi connectivity index (χ4n) is 2.83. The average Bonchev–Trinajstić information content (AvgIpc) is 3.06. The van der Waals surface area contributed by atoms with Gasteiger partial charge in [-0.15, -0.1) is 0 Å². The van der Waals surface area contributed by atoms with Gasteiger partial charge in [0, 0.05) is 37.6 Å². The molecule has 1 aromatic heterocycles. The van der Waals surface area contributed by atoms with E-state index in [0.29, 0.717) is 17.3 Å². The Kier molecular flexibility index (Phi) is 4.35. The number of hydrogen-bond donors (Lipinski definition) is 2. The van der Waals surface area contributed by atoms with Crippen molar-refractivity contribution in [3.63, 3.8) is 0 Å². The van der Waals surface area contributed by atoms with Crippen molar-refractivity contribution in [2.24, 2.45) is 0 Å². The highest BCUT2D eigenvalue weighted by Crippen LogP contribution is 2.24. The van der Waals surface area contributed by atoms with Crippen LogP contribution in [-0.4, -0.2) is 29.3 Å². The third-order valence-corrected chi connectivity index (χ3v) is 3.98. The summed E-state index contributed by atoms with van der Waals surface area (Å²) in [5, 5.41) is 19.1. The number of aromatic amines is 1. The summed E-state index contributed by atoms with van der Waals surface area (Å²) in [6.45, 7) is 2.33. The van der Waals surface area contributed by atoms with Crippen molar-refractivity contribution in [1.82, 2.24) is 15.5 Å². The summed E-state index contributed by atoms with van der Waals surface area (Å²) in [7, 11) is 0. The number of halogens is 1. The normalized spacial score (nSPS) is 18.2. The van der Waals surface area contributed by atoms with Gasteiger partial charge in [-0.25, -0.2) is 4.39 Å². The summed E-state index contributed by atoms with van der Waals surface area (Å²) >= 11 is 0. The number of hydrogen-bond acceptors (Lipinski definition) is 4. The first kappa shape index (κ1) is 14.5. The van der Waals surface area contributed by atoms with Gasteiger partial charge >= 0.3 is 0 Å². The molecule has 1 aliphatic rings. The molecule has 1 fully saturated rings. The number of H-pyrrole nitrogens is 1. The molecule has 0 spiro atoms. The minimum Gasteiger partial charge on any atom is -0.368 e. The van der Waals surface area contributed by atoms with Crippen LogP contribution >= 0.6 is 0 Å². The first-order valence-corrected chi connectivity index (χ1v) is 7.42. The van der Waals surface area contributed by atoms with E-state index in [1.165, 1.54) is 6.07 Å². The van der Waals surface area contributed by atoms with Crippen LogP contribution in [0.1, 0.15) is 24.1 Å². The summed E-state index contributed by atoms with van der Waals surface area (Å²) in [4.78, 5) is 2.05. The maximum atomic E-state index is 14.1. The van der Waals surface area contributed by atoms with Gasteiger partial charge in [0.1, 0.15) is 5.82 Å². The summed E-state index contributed by atoms with van der Waals surface area (Å²) in [5.74, 6) is -0.326. The zero-order valence-corrected chi connectivity index (χ0v) is 12.2. The molecule has 1 atom stereocenters. The quantitative estimate of drug-likeness (QED) is 0.908. The molecule has 0 aliphatic carbocycles. The molecule has 2 aromatic rings. The molecule has 0 radical (unpaired) electrons. The highest BCUT2D eigenvalue weighted by molar-refractivity contribution is 5.51. The van der Waals surface area contributed by atoms with Gasteiger partial charge in [-0.3, -0.25) is 5.10 Å². The molecule has 1 aromatic carbocycles. The molecular weight excluding hydrogens is 281 g/mol. The van der Waals surface area contributed by atoms with E-state index >= 15 is 0 Å². The lowest BCUT2D eigenvalue weighted by Crippen LogP contribution is -2.45. The molecule has 22 heavy (non-hydrogen) atoms. The molecule has 6 heteroatoms. The number of nitriles is 1. The Morgan fingerprint density at radius 1 is 1.45 bits per heavy atom. The van der Waals surface area contributed by atoms with Crippen LogP contribution in [0.25, 0.3) is 0 Å². The van der Waals surface area contributed by atoms with E-state index in [1.807, 2.05) is 17.0 Å². The van der Waals surface area contributed by atoms with Crippen LogP contribution < -0.4 is 10.2 Å². The highest BCUT2D eigenvalue weighted by atomic mass is 19.1. The van der Waals surface area contributed by atoms with Crippen molar-refractivity contribution in [1.29, 1.82) is 5.26 Å². The number of benzene rings is 1. The number of nitrogens with one attached hydrogen (secondary N) is 2. The van der Waals surface area contributed by atoms with Gasteiger partial charge in [0.2, 0.25) is 0 Å². The van der Waals surface area contributed by atoms with Crippen LogP contribution in [0, 0.1) is 17.1 Å². The zero-order valence-electron chi connectivity index (χ0n) is 12.2. The molecule has 114 valence electrons. The fraction of sp³-hybridized carbons (Fsp3) is 0.375. The molecular formula is C16H18FN5. The standard InChI is InChI=1S/C16H18FN5/c17-15-8-12(9-18)3-4-16(15)22-7-1-2-14(11-22)19-10-13-5-6-20-21-13/h3-6,8,14,19H,1-2,7,10-11H2,(H,20,21). The van der Waals surface area contributed by atoms with Crippen molar-refractivity contribution >= 4 is 5.69 Å². The van der Waals surface area contributed by atoms with Gasteiger partial charge in [0.05, 0.1) is 17.3 Å². The Hall–Kier alpha value is -2.39. The number of nitrogens with zero attached hydrogens (tertiary/aromatic N) is 3. The summed E-state index contributed by atoms with van der Waals surface area (Å²) in [6.07, 6.45) is 3.82. The van der Waals surface area contributed by atoms with Gasteiger partial charge in [0.25, 0.3) is 0 Å². The Labute approximate surface area is 128 Å². The predicted octanol–water partition coefficient (Wildman–Crippen LogP) is 2.18. The van der Waals surface area contributed by atoms with E-state index < -0.39 is 0 Å². The van der Waals surface area contributed by atoms with Crippen LogP contribution in [0.15, 0.2) is 30.5 Å². The number of rotatable bonds is 4. The number of piperidine rings is 1. The molecule has 1 saturated heterocycles. The SMILES string of the molecule is N#Cc1ccc(N2CCCC(NCc3ccn[nH]3)C2)c(F)c1. The van der Waals surface area contributed by atoms with E-state index in [9.17, 15) is 4.39 Å². The lowest BCUT2D eigenvalue weighted by molar-refractivity contribution is 0.416. The molecule has 3 rings (SSSR count). The molecule has 2 N–H and O–H groups in total. The van der Waals surface area contributed by atoms with Crippen molar-refractivity contribution in [2.75, 3.05) is 18.0 Å². The van der Waals surface area contributed by atoms with Crippen molar-refractivity contribution in [2.45, 2.75) is 25.4 Å².